The summed E-state index contributed by atoms with van der Waals surface area (Å²) in [5.41, 5.74) is 0.958. The predicted molar refractivity (Wildman–Crippen MR) is 107 cm³/mol. The van der Waals surface area contributed by atoms with Crippen LogP contribution in [-0.2, 0) is 11.3 Å². The van der Waals surface area contributed by atoms with Gasteiger partial charge in [-0.05, 0) is 35.4 Å². The van der Waals surface area contributed by atoms with Crippen LogP contribution in [0.1, 0.15) is 29.5 Å². The number of hydrogen-bond donors (Lipinski definition) is 1. The Bertz CT molecular complexity index is 950. The molecule has 0 saturated carbocycles. The Morgan fingerprint density at radius 3 is 2.68 bits per heavy atom. The summed E-state index contributed by atoms with van der Waals surface area (Å²) in [6, 6.07) is 15.2. The Morgan fingerprint density at radius 1 is 1.11 bits per heavy atom. The number of carbonyl (C=O) groups is 2. The number of rotatable bonds is 8. The van der Waals surface area contributed by atoms with Crippen LogP contribution in [0, 0.1) is 0 Å². The van der Waals surface area contributed by atoms with Gasteiger partial charge in [-0.25, -0.2) is 0 Å². The molecule has 28 heavy (non-hydrogen) atoms. The fraction of sp³-hybridized carbons (Fsp3) is 0.273. The zero-order valence-electron chi connectivity index (χ0n) is 16.1. The summed E-state index contributed by atoms with van der Waals surface area (Å²) in [5.74, 6) is 0.345. The van der Waals surface area contributed by atoms with E-state index < -0.39 is 5.91 Å². The van der Waals surface area contributed by atoms with E-state index in [2.05, 4.69) is 12.2 Å². The number of fused-ring (bicyclic) bond motifs is 1. The van der Waals surface area contributed by atoms with Gasteiger partial charge in [0.15, 0.2) is 5.76 Å². The van der Waals surface area contributed by atoms with Gasteiger partial charge in [-0.1, -0.05) is 37.3 Å². The molecule has 2 aromatic carbocycles. The number of hydrogen-bond acceptors (Lipinski definition) is 4. The van der Waals surface area contributed by atoms with Gasteiger partial charge in [-0.15, -0.1) is 0 Å². The molecule has 3 rings (SSSR count). The Morgan fingerprint density at radius 2 is 1.93 bits per heavy atom. The van der Waals surface area contributed by atoms with Crippen LogP contribution in [0.5, 0.6) is 5.75 Å². The second kappa shape index (κ2) is 9.08. The largest absolute Gasteiger partial charge is 0.493 e. The van der Waals surface area contributed by atoms with Crippen molar-refractivity contribution < 1.29 is 18.7 Å². The third kappa shape index (κ3) is 4.52. The summed E-state index contributed by atoms with van der Waals surface area (Å²) in [4.78, 5) is 26.1. The molecule has 0 atom stereocenters. The van der Waals surface area contributed by atoms with Crippen molar-refractivity contribution >= 4 is 22.6 Å². The summed E-state index contributed by atoms with van der Waals surface area (Å²) < 4.78 is 10.9. The molecule has 1 heterocycles. The van der Waals surface area contributed by atoms with Crippen molar-refractivity contribution in [3.05, 3.63) is 66.1 Å². The first-order valence-electron chi connectivity index (χ1n) is 9.29. The normalized spacial score (nSPS) is 10.6. The summed E-state index contributed by atoms with van der Waals surface area (Å²) in [6.45, 7) is 2.95. The highest BCUT2D eigenvalue weighted by Gasteiger charge is 2.17. The smallest absolute Gasteiger partial charge is 0.287 e. The molecule has 0 radical (unpaired) electrons. The van der Waals surface area contributed by atoms with E-state index in [1.165, 1.54) is 6.26 Å². The molecule has 6 nitrogen and oxygen atoms in total. The molecule has 2 amide bonds. The van der Waals surface area contributed by atoms with E-state index in [0.29, 0.717) is 13.2 Å². The maximum atomic E-state index is 12.5. The first-order valence-corrected chi connectivity index (χ1v) is 9.29. The number of nitrogens with zero attached hydrogens (tertiary/aromatic N) is 1. The SMILES string of the molecule is CCCOc1ccc2ccccc2c1CN(C)C(=O)CNC(=O)c1ccco1. The molecule has 0 saturated heterocycles. The fourth-order valence-electron chi connectivity index (χ4n) is 2.94. The molecule has 1 aromatic heterocycles. The quantitative estimate of drug-likeness (QED) is 0.648. The topological polar surface area (TPSA) is 71.8 Å². The van der Waals surface area contributed by atoms with Crippen molar-refractivity contribution in [3.8, 4) is 5.75 Å². The van der Waals surface area contributed by atoms with Crippen molar-refractivity contribution in [2.24, 2.45) is 0 Å². The molecule has 6 heteroatoms. The van der Waals surface area contributed by atoms with E-state index in [-0.39, 0.29) is 18.2 Å². The van der Waals surface area contributed by atoms with Gasteiger partial charge < -0.3 is 19.4 Å². The van der Waals surface area contributed by atoms with Crippen molar-refractivity contribution in [1.29, 1.82) is 0 Å². The Hall–Kier alpha value is -3.28. The summed E-state index contributed by atoms with van der Waals surface area (Å²) >= 11 is 0. The van der Waals surface area contributed by atoms with Gasteiger partial charge >= 0.3 is 0 Å². The maximum absolute atomic E-state index is 12.5. The Balaban J connectivity index is 1.73. The minimum Gasteiger partial charge on any atom is -0.493 e. The standard InChI is InChI=1S/C22H24N2O4/c1-3-12-27-19-11-10-16-7-4-5-8-17(16)18(19)15-24(2)21(25)14-23-22(26)20-9-6-13-28-20/h4-11,13H,3,12,14-15H2,1-2H3,(H,23,26). The molecule has 0 unspecified atom stereocenters. The van der Waals surface area contributed by atoms with Gasteiger partial charge in [-0.3, -0.25) is 9.59 Å². The third-order valence-electron chi connectivity index (χ3n) is 4.43. The molecule has 1 N–H and O–H groups in total. The van der Waals surface area contributed by atoms with Crippen molar-refractivity contribution in [1.82, 2.24) is 10.2 Å². The molecular weight excluding hydrogens is 356 g/mol. The average Bonchev–Trinajstić information content (AvgIpc) is 3.26. The van der Waals surface area contributed by atoms with E-state index in [9.17, 15) is 9.59 Å². The molecular formula is C22H24N2O4. The molecule has 0 spiro atoms. The number of furan rings is 1. The highest BCUT2D eigenvalue weighted by atomic mass is 16.5. The van der Waals surface area contributed by atoms with Crippen LogP contribution in [0.4, 0.5) is 0 Å². The first-order chi connectivity index (χ1) is 13.6. The molecule has 0 fully saturated rings. The predicted octanol–water partition coefficient (Wildman–Crippen LogP) is 3.61. The number of benzene rings is 2. The average molecular weight is 380 g/mol. The zero-order valence-corrected chi connectivity index (χ0v) is 16.1. The maximum Gasteiger partial charge on any atom is 0.287 e. The number of carbonyl (C=O) groups excluding carboxylic acids is 2. The lowest BCUT2D eigenvalue weighted by Crippen LogP contribution is -2.37. The minimum atomic E-state index is -0.413. The molecule has 3 aromatic rings. The lowest BCUT2D eigenvalue weighted by Gasteiger charge is -2.21. The molecule has 0 aliphatic rings. The van der Waals surface area contributed by atoms with E-state index in [0.717, 1.165) is 28.5 Å². The molecule has 0 aliphatic carbocycles. The van der Waals surface area contributed by atoms with Gasteiger partial charge in [0.05, 0.1) is 19.4 Å². The van der Waals surface area contributed by atoms with Crippen LogP contribution in [0.25, 0.3) is 10.8 Å². The van der Waals surface area contributed by atoms with Crippen molar-refractivity contribution in [3.63, 3.8) is 0 Å². The number of ether oxygens (including phenoxy) is 1. The second-order valence-electron chi connectivity index (χ2n) is 6.52. The second-order valence-corrected chi connectivity index (χ2v) is 6.52. The van der Waals surface area contributed by atoms with E-state index >= 15 is 0 Å². The third-order valence-corrected chi connectivity index (χ3v) is 4.43. The monoisotopic (exact) mass is 380 g/mol. The highest BCUT2D eigenvalue weighted by Crippen LogP contribution is 2.29. The lowest BCUT2D eigenvalue weighted by molar-refractivity contribution is -0.129. The van der Waals surface area contributed by atoms with Crippen LogP contribution in [0.3, 0.4) is 0 Å². The zero-order chi connectivity index (χ0) is 19.9. The van der Waals surface area contributed by atoms with Crippen molar-refractivity contribution in [2.75, 3.05) is 20.2 Å². The van der Waals surface area contributed by atoms with E-state index in [4.69, 9.17) is 9.15 Å². The summed E-state index contributed by atoms with van der Waals surface area (Å²) in [6.07, 6.45) is 2.32. The summed E-state index contributed by atoms with van der Waals surface area (Å²) in [5, 5.41) is 4.72. The highest BCUT2D eigenvalue weighted by molar-refractivity contribution is 5.94. The van der Waals surface area contributed by atoms with Crippen LogP contribution < -0.4 is 10.1 Å². The van der Waals surface area contributed by atoms with Crippen LogP contribution >= 0.6 is 0 Å². The van der Waals surface area contributed by atoms with E-state index in [1.54, 1.807) is 24.1 Å². The Kier molecular flexibility index (Phi) is 6.32. The first kappa shape index (κ1) is 19.5. The molecule has 0 aliphatic heterocycles. The van der Waals surface area contributed by atoms with Gasteiger partial charge in [0.1, 0.15) is 5.75 Å². The van der Waals surface area contributed by atoms with Gasteiger partial charge in [0.2, 0.25) is 5.91 Å². The minimum absolute atomic E-state index is 0.105. The molecule has 146 valence electrons. The number of nitrogens with one attached hydrogen (secondary N) is 1. The number of likely N-dealkylation sites (N-methyl/N-ethyl adjacent to an activating group) is 1. The fourth-order valence-corrected chi connectivity index (χ4v) is 2.94. The summed E-state index contributed by atoms with van der Waals surface area (Å²) in [7, 11) is 1.72. The van der Waals surface area contributed by atoms with Gasteiger partial charge in [0, 0.05) is 19.2 Å². The van der Waals surface area contributed by atoms with E-state index in [1.807, 2.05) is 36.4 Å². The van der Waals surface area contributed by atoms with Crippen LogP contribution in [0.2, 0.25) is 0 Å². The van der Waals surface area contributed by atoms with Crippen LogP contribution in [0.15, 0.2) is 59.2 Å². The van der Waals surface area contributed by atoms with Gasteiger partial charge in [0.25, 0.3) is 5.91 Å². The number of amides is 2. The lowest BCUT2D eigenvalue weighted by atomic mass is 10.0. The van der Waals surface area contributed by atoms with Crippen molar-refractivity contribution in [2.45, 2.75) is 19.9 Å². The van der Waals surface area contributed by atoms with Crippen LogP contribution in [-0.4, -0.2) is 36.9 Å². The molecule has 0 bridgehead atoms. The Labute approximate surface area is 164 Å². The van der Waals surface area contributed by atoms with Gasteiger partial charge in [-0.2, -0.15) is 0 Å².